The van der Waals surface area contributed by atoms with E-state index in [2.05, 4.69) is 41.0 Å². The summed E-state index contributed by atoms with van der Waals surface area (Å²) >= 11 is 0. The second-order valence-electron chi connectivity index (χ2n) is 5.80. The van der Waals surface area contributed by atoms with Crippen LogP contribution in [0.1, 0.15) is 30.4 Å². The Labute approximate surface area is 120 Å². The van der Waals surface area contributed by atoms with Crippen LogP contribution < -0.4 is 10.6 Å². The van der Waals surface area contributed by atoms with Gasteiger partial charge in [0.25, 0.3) is 0 Å². The third kappa shape index (κ3) is 3.10. The molecule has 0 radical (unpaired) electrons. The van der Waals surface area contributed by atoms with Gasteiger partial charge in [-0.05, 0) is 42.7 Å². The van der Waals surface area contributed by atoms with E-state index in [0.29, 0.717) is 5.92 Å². The van der Waals surface area contributed by atoms with Crippen molar-refractivity contribution in [3.05, 3.63) is 47.5 Å². The quantitative estimate of drug-likeness (QED) is 0.827. The summed E-state index contributed by atoms with van der Waals surface area (Å²) in [7, 11) is 0. The molecule has 1 unspecified atom stereocenters. The average molecular weight is 270 g/mol. The van der Waals surface area contributed by atoms with Gasteiger partial charge in [-0.3, -0.25) is 4.79 Å². The molecule has 1 aromatic carbocycles. The minimum Gasteiger partial charge on any atom is -0.354 e. The fourth-order valence-corrected chi connectivity index (χ4v) is 3.05. The Balaban J connectivity index is 1.52. The third-order valence-electron chi connectivity index (χ3n) is 4.34. The Bertz CT molecular complexity index is 509. The molecule has 1 aromatic rings. The maximum Gasteiger partial charge on any atom is 0.237 e. The van der Waals surface area contributed by atoms with Gasteiger partial charge in [-0.25, -0.2) is 0 Å². The largest absolute Gasteiger partial charge is 0.354 e. The first-order valence-electron chi connectivity index (χ1n) is 7.56. The Hall–Kier alpha value is -1.61. The third-order valence-corrected chi connectivity index (χ3v) is 4.34. The number of hydrogen-bond donors (Lipinski definition) is 2. The van der Waals surface area contributed by atoms with Crippen LogP contribution in [-0.4, -0.2) is 18.5 Å². The van der Waals surface area contributed by atoms with E-state index >= 15 is 0 Å². The predicted octanol–water partition coefficient (Wildman–Crippen LogP) is 2.17. The van der Waals surface area contributed by atoms with Crippen LogP contribution in [0.5, 0.6) is 0 Å². The summed E-state index contributed by atoms with van der Waals surface area (Å²) in [5, 5.41) is 6.45. The Kier molecular flexibility index (Phi) is 4.16. The molecule has 1 aliphatic carbocycles. The van der Waals surface area contributed by atoms with Crippen LogP contribution in [-0.2, 0) is 17.8 Å². The SMILES string of the molecule is O=C(NCC1CC=CCC1)[C@@H]1Cc2ccccc2CN1. The maximum absolute atomic E-state index is 12.3. The zero-order valence-corrected chi connectivity index (χ0v) is 11.8. The van der Waals surface area contributed by atoms with Crippen LogP contribution in [0.3, 0.4) is 0 Å². The molecule has 0 saturated carbocycles. The molecule has 1 amide bonds. The highest BCUT2D eigenvalue weighted by Gasteiger charge is 2.24. The fraction of sp³-hybridized carbons (Fsp3) is 0.471. The lowest BCUT2D eigenvalue weighted by molar-refractivity contribution is -0.123. The van der Waals surface area contributed by atoms with Gasteiger partial charge >= 0.3 is 0 Å². The summed E-state index contributed by atoms with van der Waals surface area (Å²) in [5.74, 6) is 0.758. The molecule has 1 aliphatic heterocycles. The molecule has 0 fully saturated rings. The van der Waals surface area contributed by atoms with Crippen molar-refractivity contribution in [3.63, 3.8) is 0 Å². The van der Waals surface area contributed by atoms with Crippen LogP contribution in [0.2, 0.25) is 0 Å². The van der Waals surface area contributed by atoms with Gasteiger partial charge in [0.2, 0.25) is 5.91 Å². The summed E-state index contributed by atoms with van der Waals surface area (Å²) < 4.78 is 0. The number of amides is 1. The summed E-state index contributed by atoms with van der Waals surface area (Å²) in [5.41, 5.74) is 2.61. The smallest absolute Gasteiger partial charge is 0.237 e. The average Bonchev–Trinajstić information content (AvgIpc) is 2.53. The lowest BCUT2D eigenvalue weighted by Crippen LogP contribution is -2.48. The number of fused-ring (bicyclic) bond motifs is 1. The van der Waals surface area contributed by atoms with Crippen molar-refractivity contribution in [2.75, 3.05) is 6.54 Å². The van der Waals surface area contributed by atoms with Gasteiger partial charge in [0, 0.05) is 13.1 Å². The number of hydrogen-bond acceptors (Lipinski definition) is 2. The molecule has 0 aromatic heterocycles. The van der Waals surface area contributed by atoms with Gasteiger partial charge in [0.05, 0.1) is 6.04 Å². The monoisotopic (exact) mass is 270 g/mol. The van der Waals surface area contributed by atoms with Crippen molar-refractivity contribution < 1.29 is 4.79 Å². The van der Waals surface area contributed by atoms with Crippen LogP contribution in [0.4, 0.5) is 0 Å². The summed E-state index contributed by atoms with van der Waals surface area (Å²) in [6, 6.07) is 8.28. The molecule has 3 nitrogen and oxygen atoms in total. The van der Waals surface area contributed by atoms with Gasteiger partial charge in [-0.1, -0.05) is 36.4 Å². The topological polar surface area (TPSA) is 41.1 Å². The number of benzene rings is 1. The molecule has 1 heterocycles. The van der Waals surface area contributed by atoms with E-state index in [1.807, 2.05) is 6.07 Å². The Morgan fingerprint density at radius 2 is 2.10 bits per heavy atom. The Morgan fingerprint density at radius 1 is 1.25 bits per heavy atom. The molecule has 3 heteroatoms. The van der Waals surface area contributed by atoms with Gasteiger partial charge in [0.15, 0.2) is 0 Å². The number of carbonyl (C=O) groups is 1. The number of nitrogens with one attached hydrogen (secondary N) is 2. The summed E-state index contributed by atoms with van der Waals surface area (Å²) in [6.07, 6.45) is 8.70. The first-order valence-corrected chi connectivity index (χ1v) is 7.56. The molecule has 20 heavy (non-hydrogen) atoms. The van der Waals surface area contributed by atoms with Gasteiger partial charge in [0.1, 0.15) is 0 Å². The lowest BCUT2D eigenvalue weighted by atomic mass is 9.93. The second kappa shape index (κ2) is 6.23. The van der Waals surface area contributed by atoms with E-state index in [1.54, 1.807) is 0 Å². The van der Waals surface area contributed by atoms with Crippen LogP contribution in [0.15, 0.2) is 36.4 Å². The number of rotatable bonds is 3. The van der Waals surface area contributed by atoms with Crippen molar-refractivity contribution in [2.45, 2.75) is 38.3 Å². The lowest BCUT2D eigenvalue weighted by Gasteiger charge is -2.26. The standard InChI is InChI=1S/C17H22N2O/c20-17(19-11-13-6-2-1-3-7-13)16-10-14-8-4-5-9-15(14)12-18-16/h1-2,4-5,8-9,13,16,18H,3,6-7,10-12H2,(H,19,20)/t13?,16-/m0/s1. The fourth-order valence-electron chi connectivity index (χ4n) is 3.05. The molecule has 0 spiro atoms. The van der Waals surface area contributed by atoms with Crippen molar-refractivity contribution >= 4 is 5.91 Å². The molecule has 2 N–H and O–H groups in total. The van der Waals surface area contributed by atoms with Gasteiger partial charge < -0.3 is 10.6 Å². The molecule has 3 rings (SSSR count). The maximum atomic E-state index is 12.3. The van der Waals surface area contributed by atoms with E-state index in [9.17, 15) is 4.79 Å². The van der Waals surface area contributed by atoms with Crippen molar-refractivity contribution in [1.82, 2.24) is 10.6 Å². The van der Waals surface area contributed by atoms with Gasteiger partial charge in [-0.2, -0.15) is 0 Å². The highest BCUT2D eigenvalue weighted by atomic mass is 16.2. The predicted molar refractivity (Wildman–Crippen MR) is 80.3 cm³/mol. The first kappa shape index (κ1) is 13.4. The number of allylic oxidation sites excluding steroid dienone is 2. The zero-order valence-electron chi connectivity index (χ0n) is 11.8. The van der Waals surface area contributed by atoms with E-state index in [4.69, 9.17) is 0 Å². The van der Waals surface area contributed by atoms with E-state index in [0.717, 1.165) is 32.4 Å². The second-order valence-corrected chi connectivity index (χ2v) is 5.80. The number of carbonyl (C=O) groups excluding carboxylic acids is 1. The van der Waals surface area contributed by atoms with Crippen molar-refractivity contribution in [3.8, 4) is 0 Å². The minimum absolute atomic E-state index is 0.0796. The molecule has 106 valence electrons. The minimum atomic E-state index is -0.0796. The van der Waals surface area contributed by atoms with Gasteiger partial charge in [-0.15, -0.1) is 0 Å². The van der Waals surface area contributed by atoms with Crippen LogP contribution in [0, 0.1) is 5.92 Å². The molecular formula is C17H22N2O. The van der Waals surface area contributed by atoms with Crippen LogP contribution >= 0.6 is 0 Å². The van der Waals surface area contributed by atoms with E-state index in [1.165, 1.54) is 17.5 Å². The summed E-state index contributed by atoms with van der Waals surface area (Å²) in [6.45, 7) is 1.60. The molecule has 2 aliphatic rings. The van der Waals surface area contributed by atoms with Crippen LogP contribution in [0.25, 0.3) is 0 Å². The first-order chi connectivity index (χ1) is 9.83. The molecule has 0 saturated heterocycles. The van der Waals surface area contributed by atoms with Crippen molar-refractivity contribution in [2.24, 2.45) is 5.92 Å². The molecule has 2 atom stereocenters. The Morgan fingerprint density at radius 3 is 2.90 bits per heavy atom. The van der Waals surface area contributed by atoms with E-state index < -0.39 is 0 Å². The molecule has 0 bridgehead atoms. The highest BCUT2D eigenvalue weighted by Crippen LogP contribution is 2.18. The zero-order chi connectivity index (χ0) is 13.8. The van der Waals surface area contributed by atoms with Crippen molar-refractivity contribution in [1.29, 1.82) is 0 Å². The highest BCUT2D eigenvalue weighted by molar-refractivity contribution is 5.82. The normalized spacial score (nSPS) is 25.0. The summed E-state index contributed by atoms with van der Waals surface area (Å²) in [4.78, 5) is 12.3. The van der Waals surface area contributed by atoms with E-state index in [-0.39, 0.29) is 11.9 Å². The molecular weight excluding hydrogens is 248 g/mol.